The Bertz CT molecular complexity index is 94.9. The van der Waals surface area contributed by atoms with Crippen LogP contribution in [0.15, 0.2) is 12.7 Å². The average Bonchev–Trinajstić information content (AvgIpc) is 1.84. The molecule has 0 aromatic heterocycles. The van der Waals surface area contributed by atoms with Crippen LogP contribution in [0.2, 0.25) is 0 Å². The van der Waals surface area contributed by atoms with E-state index in [9.17, 15) is 0 Å². The molecule has 1 nitrogen and oxygen atoms in total. The number of rotatable bonds is 5. The average molecular weight is 140 g/mol. The van der Waals surface area contributed by atoms with E-state index in [2.05, 4.69) is 6.58 Å². The molecule has 0 saturated heterocycles. The van der Waals surface area contributed by atoms with Crippen molar-refractivity contribution >= 4 is 0 Å². The molecule has 0 spiro atoms. The van der Waals surface area contributed by atoms with Gasteiger partial charge in [0.15, 0.2) is 0 Å². The first-order valence-corrected chi connectivity index (χ1v) is 4.16. The summed E-state index contributed by atoms with van der Waals surface area (Å²) in [5.74, 6) is 0. The van der Waals surface area contributed by atoms with Crippen molar-refractivity contribution in [2.75, 3.05) is 6.61 Å². The molecular formula is C9H16O. The number of hydrogen-bond acceptors (Lipinski definition) is 1. The van der Waals surface area contributed by atoms with Crippen molar-refractivity contribution in [1.82, 2.24) is 0 Å². The third-order valence-corrected chi connectivity index (χ3v) is 1.96. The van der Waals surface area contributed by atoms with E-state index in [1.54, 1.807) is 0 Å². The van der Waals surface area contributed by atoms with Crippen LogP contribution in [0, 0.1) is 0 Å². The van der Waals surface area contributed by atoms with Crippen LogP contribution < -0.4 is 0 Å². The Morgan fingerprint density at radius 3 is 2.80 bits per heavy atom. The Balaban J connectivity index is 1.80. The van der Waals surface area contributed by atoms with Crippen LogP contribution in [-0.2, 0) is 4.74 Å². The fraction of sp³-hybridized carbons (Fsp3) is 0.778. The van der Waals surface area contributed by atoms with Gasteiger partial charge in [-0.3, -0.25) is 0 Å². The first kappa shape index (κ1) is 7.80. The molecule has 58 valence electrons. The summed E-state index contributed by atoms with van der Waals surface area (Å²) in [5, 5.41) is 0. The number of ether oxygens (including phenoxy) is 1. The van der Waals surface area contributed by atoms with Crippen molar-refractivity contribution < 1.29 is 4.74 Å². The molecule has 0 unspecified atom stereocenters. The summed E-state index contributed by atoms with van der Waals surface area (Å²) >= 11 is 0. The highest BCUT2D eigenvalue weighted by molar-refractivity contribution is 4.70. The van der Waals surface area contributed by atoms with Crippen molar-refractivity contribution in [1.29, 1.82) is 0 Å². The van der Waals surface area contributed by atoms with Gasteiger partial charge in [-0.1, -0.05) is 6.08 Å². The Labute approximate surface area is 63.1 Å². The van der Waals surface area contributed by atoms with Crippen molar-refractivity contribution in [3.63, 3.8) is 0 Å². The summed E-state index contributed by atoms with van der Waals surface area (Å²) in [6.45, 7) is 4.58. The van der Waals surface area contributed by atoms with Crippen LogP contribution >= 0.6 is 0 Å². The first-order chi connectivity index (χ1) is 4.93. The van der Waals surface area contributed by atoms with Crippen LogP contribution in [0.4, 0.5) is 0 Å². The van der Waals surface area contributed by atoms with E-state index >= 15 is 0 Å². The van der Waals surface area contributed by atoms with Crippen molar-refractivity contribution in [2.24, 2.45) is 0 Å². The van der Waals surface area contributed by atoms with Crippen molar-refractivity contribution in [3.05, 3.63) is 12.7 Å². The van der Waals surface area contributed by atoms with Gasteiger partial charge in [0, 0.05) is 6.61 Å². The lowest BCUT2D eigenvalue weighted by Gasteiger charge is -2.25. The second kappa shape index (κ2) is 4.51. The Morgan fingerprint density at radius 2 is 2.30 bits per heavy atom. The van der Waals surface area contributed by atoms with Crippen LogP contribution in [0.5, 0.6) is 0 Å². The third-order valence-electron chi connectivity index (χ3n) is 1.96. The molecule has 1 aliphatic rings. The summed E-state index contributed by atoms with van der Waals surface area (Å²) in [6.07, 6.45) is 8.72. The summed E-state index contributed by atoms with van der Waals surface area (Å²) in [5.41, 5.74) is 0. The molecule has 0 bridgehead atoms. The summed E-state index contributed by atoms with van der Waals surface area (Å²) in [7, 11) is 0. The minimum Gasteiger partial charge on any atom is -0.378 e. The highest BCUT2D eigenvalue weighted by Crippen LogP contribution is 2.21. The molecule has 10 heavy (non-hydrogen) atoms. The Hall–Kier alpha value is -0.300. The Kier molecular flexibility index (Phi) is 3.52. The monoisotopic (exact) mass is 140 g/mol. The molecular weight excluding hydrogens is 124 g/mol. The molecule has 0 aromatic rings. The van der Waals surface area contributed by atoms with Crippen LogP contribution in [-0.4, -0.2) is 12.7 Å². The molecule has 1 fully saturated rings. The summed E-state index contributed by atoms with van der Waals surface area (Å²) in [6, 6.07) is 0. The Morgan fingerprint density at radius 1 is 1.50 bits per heavy atom. The van der Waals surface area contributed by atoms with E-state index in [4.69, 9.17) is 4.74 Å². The zero-order valence-electron chi connectivity index (χ0n) is 6.51. The van der Waals surface area contributed by atoms with Gasteiger partial charge >= 0.3 is 0 Å². The molecule has 1 rings (SSSR count). The molecule has 1 aliphatic carbocycles. The minimum absolute atomic E-state index is 0.602. The van der Waals surface area contributed by atoms with E-state index in [1.165, 1.54) is 19.3 Å². The lowest BCUT2D eigenvalue weighted by molar-refractivity contribution is 0.00168. The molecule has 0 aliphatic heterocycles. The highest BCUT2D eigenvalue weighted by Gasteiger charge is 2.16. The summed E-state index contributed by atoms with van der Waals surface area (Å²) < 4.78 is 5.53. The maximum atomic E-state index is 5.53. The smallest absolute Gasteiger partial charge is 0.0575 e. The van der Waals surface area contributed by atoms with E-state index in [1.807, 2.05) is 6.08 Å². The van der Waals surface area contributed by atoms with Crippen LogP contribution in [0.25, 0.3) is 0 Å². The highest BCUT2D eigenvalue weighted by atomic mass is 16.5. The second-order valence-electron chi connectivity index (χ2n) is 2.85. The van der Waals surface area contributed by atoms with Gasteiger partial charge in [-0.15, -0.1) is 6.58 Å². The molecule has 0 aromatic carbocycles. The molecule has 0 N–H and O–H groups in total. The normalized spacial score (nSPS) is 18.4. The van der Waals surface area contributed by atoms with E-state index in [0.29, 0.717) is 6.10 Å². The molecule has 0 radical (unpaired) electrons. The van der Waals surface area contributed by atoms with Gasteiger partial charge in [0.1, 0.15) is 0 Å². The van der Waals surface area contributed by atoms with E-state index in [-0.39, 0.29) is 0 Å². The summed E-state index contributed by atoms with van der Waals surface area (Å²) in [4.78, 5) is 0. The van der Waals surface area contributed by atoms with Gasteiger partial charge in [-0.2, -0.15) is 0 Å². The van der Waals surface area contributed by atoms with Crippen molar-refractivity contribution in [2.45, 2.75) is 38.2 Å². The van der Waals surface area contributed by atoms with Gasteiger partial charge < -0.3 is 4.74 Å². The quantitative estimate of drug-likeness (QED) is 0.421. The van der Waals surface area contributed by atoms with Crippen LogP contribution in [0.1, 0.15) is 32.1 Å². The molecule has 1 saturated carbocycles. The van der Waals surface area contributed by atoms with Gasteiger partial charge in [-0.05, 0) is 32.1 Å². The largest absolute Gasteiger partial charge is 0.378 e. The van der Waals surface area contributed by atoms with Crippen LogP contribution in [0.3, 0.4) is 0 Å². The maximum Gasteiger partial charge on any atom is 0.0575 e. The topological polar surface area (TPSA) is 9.23 Å². The zero-order chi connectivity index (χ0) is 7.23. The number of hydrogen-bond donors (Lipinski definition) is 0. The lowest BCUT2D eigenvalue weighted by atomic mass is 9.96. The van der Waals surface area contributed by atoms with Gasteiger partial charge in [0.25, 0.3) is 0 Å². The van der Waals surface area contributed by atoms with Gasteiger partial charge in [0.05, 0.1) is 6.10 Å². The standard InChI is InChI=1S/C9H16O/c1-2-3-4-8-10-9-6-5-7-9/h2,9H,1,3-8H2. The zero-order valence-corrected chi connectivity index (χ0v) is 6.51. The van der Waals surface area contributed by atoms with E-state index in [0.717, 1.165) is 19.4 Å². The molecule has 1 heteroatoms. The fourth-order valence-electron chi connectivity index (χ4n) is 1.02. The van der Waals surface area contributed by atoms with Gasteiger partial charge in [0.2, 0.25) is 0 Å². The lowest BCUT2D eigenvalue weighted by Crippen LogP contribution is -2.21. The fourth-order valence-corrected chi connectivity index (χ4v) is 1.02. The predicted molar refractivity (Wildman–Crippen MR) is 43.0 cm³/mol. The molecule has 0 atom stereocenters. The SMILES string of the molecule is C=CCCCOC1CCC1. The van der Waals surface area contributed by atoms with E-state index < -0.39 is 0 Å². The maximum absolute atomic E-state index is 5.53. The molecule has 0 amide bonds. The molecule has 0 heterocycles. The second-order valence-corrected chi connectivity index (χ2v) is 2.85. The minimum atomic E-state index is 0.602. The van der Waals surface area contributed by atoms with Gasteiger partial charge in [-0.25, -0.2) is 0 Å². The third kappa shape index (κ3) is 2.53. The first-order valence-electron chi connectivity index (χ1n) is 4.16. The predicted octanol–water partition coefficient (Wildman–Crippen LogP) is 2.52. The number of unbranched alkanes of at least 4 members (excludes halogenated alkanes) is 1. The number of allylic oxidation sites excluding steroid dienone is 1. The van der Waals surface area contributed by atoms with Crippen molar-refractivity contribution in [3.8, 4) is 0 Å².